The quantitative estimate of drug-likeness (QED) is 0.678. The van der Waals surface area contributed by atoms with Crippen molar-refractivity contribution in [1.29, 1.82) is 0 Å². The highest BCUT2D eigenvalue weighted by Crippen LogP contribution is 2.27. The Hall–Kier alpha value is -2.67. The lowest BCUT2D eigenvalue weighted by atomic mass is 9.92. The Kier molecular flexibility index (Phi) is 5.06. The number of aromatic nitrogens is 3. The van der Waals surface area contributed by atoms with Crippen molar-refractivity contribution in [3.8, 4) is 11.4 Å². The van der Waals surface area contributed by atoms with E-state index < -0.39 is 10.0 Å². The van der Waals surface area contributed by atoms with Crippen LogP contribution >= 0.6 is 0 Å². The van der Waals surface area contributed by atoms with Gasteiger partial charge in [0.1, 0.15) is 5.82 Å². The monoisotopic (exact) mass is 422 g/mol. The van der Waals surface area contributed by atoms with E-state index in [1.165, 1.54) is 18.4 Å². The molecule has 5 rings (SSSR count). The molecule has 1 N–H and O–H groups in total. The van der Waals surface area contributed by atoms with Crippen LogP contribution < -0.4 is 4.72 Å². The molecule has 7 heteroatoms. The molecule has 0 radical (unpaired) electrons. The topological polar surface area (TPSA) is 76.9 Å². The van der Waals surface area contributed by atoms with Gasteiger partial charge in [0.05, 0.1) is 4.90 Å². The lowest BCUT2D eigenvalue weighted by Gasteiger charge is -2.17. The molecule has 0 saturated carbocycles. The van der Waals surface area contributed by atoms with Crippen LogP contribution in [-0.2, 0) is 35.8 Å². The van der Waals surface area contributed by atoms with Gasteiger partial charge in [-0.3, -0.25) is 4.72 Å². The summed E-state index contributed by atoms with van der Waals surface area (Å²) >= 11 is 0. The minimum Gasteiger partial charge on any atom is -0.311 e. The molecule has 1 aliphatic carbocycles. The van der Waals surface area contributed by atoms with E-state index in [0.29, 0.717) is 10.6 Å². The molecule has 2 heterocycles. The smallest absolute Gasteiger partial charge is 0.261 e. The molecule has 0 saturated heterocycles. The second-order valence-corrected chi connectivity index (χ2v) is 9.91. The highest BCUT2D eigenvalue weighted by atomic mass is 32.2. The van der Waals surface area contributed by atoms with Gasteiger partial charge in [-0.2, -0.15) is 0 Å². The first kappa shape index (κ1) is 19.3. The molecule has 30 heavy (non-hydrogen) atoms. The molecule has 156 valence electrons. The third-order valence-electron chi connectivity index (χ3n) is 6.14. The Morgan fingerprint density at radius 1 is 0.800 bits per heavy atom. The van der Waals surface area contributed by atoms with Gasteiger partial charge in [0.25, 0.3) is 10.0 Å². The van der Waals surface area contributed by atoms with E-state index >= 15 is 0 Å². The van der Waals surface area contributed by atoms with Crippen molar-refractivity contribution in [2.75, 3.05) is 4.72 Å². The number of hydrogen-bond donors (Lipinski definition) is 1. The molecular formula is C23H26N4O2S. The van der Waals surface area contributed by atoms with E-state index in [1.54, 1.807) is 18.2 Å². The first-order valence-electron chi connectivity index (χ1n) is 10.8. The molecule has 2 aliphatic rings. The summed E-state index contributed by atoms with van der Waals surface area (Å²) in [6.07, 6.45) is 8.76. The molecule has 1 aliphatic heterocycles. The largest absolute Gasteiger partial charge is 0.311 e. The number of nitrogens with zero attached hydrogens (tertiary/aromatic N) is 3. The highest BCUT2D eigenvalue weighted by molar-refractivity contribution is 7.92. The first-order valence-corrected chi connectivity index (χ1v) is 12.3. The van der Waals surface area contributed by atoms with Crippen LogP contribution in [0.15, 0.2) is 47.4 Å². The Labute approximate surface area is 177 Å². The second-order valence-electron chi connectivity index (χ2n) is 8.22. The molecule has 3 aromatic rings. The van der Waals surface area contributed by atoms with Crippen LogP contribution in [0.5, 0.6) is 0 Å². The number of benzene rings is 2. The Balaban J connectivity index is 1.37. The third-order valence-corrected chi connectivity index (χ3v) is 7.51. The fourth-order valence-corrected chi connectivity index (χ4v) is 5.59. The van der Waals surface area contributed by atoms with Crippen LogP contribution in [0, 0.1) is 0 Å². The number of rotatable bonds is 4. The first-order chi connectivity index (χ1) is 14.6. The predicted octanol–water partition coefficient (Wildman–Crippen LogP) is 4.35. The highest BCUT2D eigenvalue weighted by Gasteiger charge is 2.19. The molecule has 0 atom stereocenters. The van der Waals surface area contributed by atoms with Crippen LogP contribution in [0.3, 0.4) is 0 Å². The normalized spacial score (nSPS) is 16.4. The van der Waals surface area contributed by atoms with Gasteiger partial charge in [-0.15, -0.1) is 10.2 Å². The summed E-state index contributed by atoms with van der Waals surface area (Å²) in [5.41, 5.74) is 3.93. The van der Waals surface area contributed by atoms with Gasteiger partial charge < -0.3 is 4.57 Å². The molecule has 1 aromatic heterocycles. The standard InChI is InChI=1S/C23H26N4O2S/c28-30(29,21-14-11-17-6-3-4-7-19(17)16-21)26-20-12-9-18(10-13-20)23-25-24-22-8-2-1-5-15-27(22)23/h9-14,16,26H,1-8,15H2. The molecule has 0 bridgehead atoms. The van der Waals surface area contributed by atoms with E-state index in [0.717, 1.165) is 67.8 Å². The number of anilines is 1. The van der Waals surface area contributed by atoms with E-state index in [9.17, 15) is 8.42 Å². The van der Waals surface area contributed by atoms with Crippen molar-refractivity contribution >= 4 is 15.7 Å². The van der Waals surface area contributed by atoms with E-state index in [4.69, 9.17) is 0 Å². The maximum Gasteiger partial charge on any atom is 0.261 e. The summed E-state index contributed by atoms with van der Waals surface area (Å²) in [4.78, 5) is 0.329. The van der Waals surface area contributed by atoms with Crippen molar-refractivity contribution in [2.45, 2.75) is 62.8 Å². The number of fused-ring (bicyclic) bond motifs is 2. The van der Waals surface area contributed by atoms with Crippen molar-refractivity contribution in [3.63, 3.8) is 0 Å². The maximum absolute atomic E-state index is 12.9. The number of hydrogen-bond acceptors (Lipinski definition) is 4. The summed E-state index contributed by atoms with van der Waals surface area (Å²) < 4.78 is 30.7. The average molecular weight is 423 g/mol. The minimum absolute atomic E-state index is 0.329. The minimum atomic E-state index is -3.62. The second kappa shape index (κ2) is 7.87. The number of nitrogens with one attached hydrogen (secondary N) is 1. The van der Waals surface area contributed by atoms with E-state index in [2.05, 4.69) is 19.5 Å². The van der Waals surface area contributed by atoms with Crippen molar-refractivity contribution in [2.24, 2.45) is 0 Å². The van der Waals surface area contributed by atoms with Gasteiger partial charge >= 0.3 is 0 Å². The number of sulfonamides is 1. The SMILES string of the molecule is O=S(=O)(Nc1ccc(-c2nnc3n2CCCCC3)cc1)c1ccc2c(c1)CCCC2. The molecule has 2 aromatic carbocycles. The van der Waals surface area contributed by atoms with Crippen molar-refractivity contribution < 1.29 is 8.42 Å². The summed E-state index contributed by atoms with van der Waals surface area (Å²) in [6.45, 7) is 0.935. The van der Waals surface area contributed by atoms with Gasteiger partial charge in [-0.05, 0) is 86.1 Å². The Morgan fingerprint density at radius 2 is 1.57 bits per heavy atom. The molecule has 6 nitrogen and oxygen atoms in total. The number of aryl methyl sites for hydroxylation is 3. The zero-order chi connectivity index (χ0) is 20.6. The van der Waals surface area contributed by atoms with Gasteiger partial charge in [-0.1, -0.05) is 12.5 Å². The zero-order valence-corrected chi connectivity index (χ0v) is 17.8. The lowest BCUT2D eigenvalue weighted by Crippen LogP contribution is -2.14. The molecule has 0 unspecified atom stereocenters. The molecule has 0 spiro atoms. The van der Waals surface area contributed by atoms with Gasteiger partial charge in [-0.25, -0.2) is 8.42 Å². The predicted molar refractivity (Wildman–Crippen MR) is 117 cm³/mol. The molecule has 0 amide bonds. The fourth-order valence-electron chi connectivity index (χ4n) is 4.48. The van der Waals surface area contributed by atoms with Crippen LogP contribution in [0.4, 0.5) is 5.69 Å². The average Bonchev–Trinajstić information content (AvgIpc) is 3.01. The fraction of sp³-hybridized carbons (Fsp3) is 0.391. The van der Waals surface area contributed by atoms with E-state index in [1.807, 2.05) is 24.3 Å². The summed E-state index contributed by atoms with van der Waals surface area (Å²) in [5.74, 6) is 1.90. The van der Waals surface area contributed by atoms with Crippen LogP contribution in [0.1, 0.15) is 49.1 Å². The van der Waals surface area contributed by atoms with Gasteiger partial charge in [0.2, 0.25) is 0 Å². The summed E-state index contributed by atoms with van der Waals surface area (Å²) in [7, 11) is -3.62. The van der Waals surface area contributed by atoms with Crippen molar-refractivity contribution in [1.82, 2.24) is 14.8 Å². The summed E-state index contributed by atoms with van der Waals surface area (Å²) in [5, 5.41) is 8.73. The van der Waals surface area contributed by atoms with Crippen LogP contribution in [-0.4, -0.2) is 23.2 Å². The van der Waals surface area contributed by atoms with Crippen LogP contribution in [0.2, 0.25) is 0 Å². The third kappa shape index (κ3) is 3.74. The van der Waals surface area contributed by atoms with Crippen molar-refractivity contribution in [3.05, 3.63) is 59.4 Å². The summed E-state index contributed by atoms with van der Waals surface area (Å²) in [6, 6.07) is 12.9. The lowest BCUT2D eigenvalue weighted by molar-refractivity contribution is 0.600. The zero-order valence-electron chi connectivity index (χ0n) is 17.0. The Bertz CT molecular complexity index is 1170. The van der Waals surface area contributed by atoms with Gasteiger partial charge in [0, 0.05) is 24.2 Å². The van der Waals surface area contributed by atoms with E-state index in [-0.39, 0.29) is 0 Å². The maximum atomic E-state index is 12.9. The molecular weight excluding hydrogens is 396 g/mol. The van der Waals surface area contributed by atoms with Crippen LogP contribution in [0.25, 0.3) is 11.4 Å². The Morgan fingerprint density at radius 3 is 2.40 bits per heavy atom. The van der Waals surface area contributed by atoms with Gasteiger partial charge in [0.15, 0.2) is 5.82 Å². The molecule has 0 fully saturated rings.